The molecule has 3 N–H and O–H groups in total. The van der Waals surface area contributed by atoms with Gasteiger partial charge in [-0.15, -0.1) is 0 Å². The normalized spacial score (nSPS) is 20.7. The van der Waals surface area contributed by atoms with E-state index in [0.29, 0.717) is 17.6 Å². The molecule has 1 aliphatic rings. The van der Waals surface area contributed by atoms with Crippen LogP contribution in [0.4, 0.5) is 0 Å². The number of aromatic amines is 1. The number of carboxylic acids is 1. The summed E-state index contributed by atoms with van der Waals surface area (Å²) in [5.74, 6) is -1.16. The van der Waals surface area contributed by atoms with Crippen LogP contribution < -0.4 is 5.32 Å². The molecule has 1 atom stereocenters. The molecule has 21 heavy (non-hydrogen) atoms. The van der Waals surface area contributed by atoms with Gasteiger partial charge in [0.25, 0.3) is 0 Å². The first-order chi connectivity index (χ1) is 10.0. The number of aromatic nitrogens is 2. The minimum Gasteiger partial charge on any atom is -0.480 e. The lowest BCUT2D eigenvalue weighted by molar-refractivity contribution is -0.141. The molecular formula is C12H14N4O4S. The number of fused-ring (bicyclic) bond motifs is 1. The zero-order valence-electron chi connectivity index (χ0n) is 11.0. The third-order valence-corrected chi connectivity index (χ3v) is 5.43. The first-order valence-electron chi connectivity index (χ1n) is 6.39. The monoisotopic (exact) mass is 310 g/mol. The summed E-state index contributed by atoms with van der Waals surface area (Å²) < 4.78 is 26.6. The summed E-state index contributed by atoms with van der Waals surface area (Å²) in [5, 5.41) is 12.6. The number of aliphatic carboxylic acids is 1. The van der Waals surface area contributed by atoms with Crippen molar-refractivity contribution in [2.45, 2.75) is 10.9 Å². The SMILES string of the molecule is O=C(O)C1CNCCN1S(=O)(=O)c1c[nH]c2ncccc12. The fraction of sp³-hybridized carbons (Fsp3) is 0.333. The molecule has 1 fully saturated rings. The number of carboxylic acid groups (broad SMARTS) is 1. The van der Waals surface area contributed by atoms with E-state index in [1.807, 2.05) is 0 Å². The van der Waals surface area contributed by atoms with Gasteiger partial charge in [-0.25, -0.2) is 13.4 Å². The standard InChI is InChI=1S/C12H14N4O4S/c17-12(18)9-6-13-4-5-16(9)21(19,20)10-7-15-11-8(10)2-1-3-14-11/h1-3,7,9,13H,4-6H2,(H,14,15)(H,17,18). The van der Waals surface area contributed by atoms with Crippen LogP contribution in [0.2, 0.25) is 0 Å². The molecule has 8 nitrogen and oxygen atoms in total. The molecule has 2 aromatic heterocycles. The highest BCUT2D eigenvalue weighted by Gasteiger charge is 2.38. The number of H-pyrrole nitrogens is 1. The highest BCUT2D eigenvalue weighted by atomic mass is 32.2. The summed E-state index contributed by atoms with van der Waals surface area (Å²) in [6, 6.07) is 2.18. The number of nitrogens with zero attached hydrogens (tertiary/aromatic N) is 2. The van der Waals surface area contributed by atoms with Crippen molar-refractivity contribution in [2.75, 3.05) is 19.6 Å². The molecule has 2 aromatic rings. The first kappa shape index (κ1) is 14.0. The Kier molecular flexibility index (Phi) is 3.40. The van der Waals surface area contributed by atoms with Crippen LogP contribution in [0.3, 0.4) is 0 Å². The van der Waals surface area contributed by atoms with Crippen molar-refractivity contribution in [1.29, 1.82) is 0 Å². The van der Waals surface area contributed by atoms with Crippen molar-refractivity contribution in [3.8, 4) is 0 Å². The van der Waals surface area contributed by atoms with Crippen molar-refractivity contribution in [3.63, 3.8) is 0 Å². The quantitative estimate of drug-likeness (QED) is 0.711. The number of hydrogen-bond acceptors (Lipinski definition) is 5. The molecule has 3 heterocycles. The largest absolute Gasteiger partial charge is 0.480 e. The highest BCUT2D eigenvalue weighted by Crippen LogP contribution is 2.26. The van der Waals surface area contributed by atoms with Gasteiger partial charge in [0.1, 0.15) is 16.6 Å². The number of nitrogens with one attached hydrogen (secondary N) is 2. The second-order valence-electron chi connectivity index (χ2n) is 4.73. The lowest BCUT2D eigenvalue weighted by Gasteiger charge is -2.32. The number of rotatable bonds is 3. The van der Waals surface area contributed by atoms with E-state index in [1.165, 1.54) is 6.20 Å². The number of carbonyl (C=O) groups is 1. The molecule has 0 aliphatic carbocycles. The van der Waals surface area contributed by atoms with Gasteiger partial charge in [-0.05, 0) is 12.1 Å². The Bertz CT molecular complexity index is 785. The average Bonchev–Trinajstić information content (AvgIpc) is 2.92. The second kappa shape index (κ2) is 5.10. The van der Waals surface area contributed by atoms with E-state index in [-0.39, 0.29) is 18.0 Å². The second-order valence-corrected chi connectivity index (χ2v) is 6.59. The van der Waals surface area contributed by atoms with Crippen LogP contribution in [-0.2, 0) is 14.8 Å². The summed E-state index contributed by atoms with van der Waals surface area (Å²) in [6.45, 7) is 0.630. The fourth-order valence-electron chi connectivity index (χ4n) is 2.45. The van der Waals surface area contributed by atoms with E-state index in [1.54, 1.807) is 18.3 Å². The predicted octanol–water partition coefficient (Wildman–Crippen LogP) is -0.390. The fourth-order valence-corrected chi connectivity index (χ4v) is 4.19. The van der Waals surface area contributed by atoms with E-state index in [9.17, 15) is 18.3 Å². The number of piperazine rings is 1. The van der Waals surface area contributed by atoms with Crippen LogP contribution in [0.1, 0.15) is 0 Å². The summed E-state index contributed by atoms with van der Waals surface area (Å²) in [4.78, 5) is 18.2. The maximum absolute atomic E-state index is 12.8. The van der Waals surface area contributed by atoms with Gasteiger partial charge in [0.05, 0.1) is 0 Å². The van der Waals surface area contributed by atoms with E-state index in [4.69, 9.17) is 0 Å². The molecular weight excluding hydrogens is 296 g/mol. The van der Waals surface area contributed by atoms with E-state index in [2.05, 4.69) is 15.3 Å². The zero-order chi connectivity index (χ0) is 15.0. The number of hydrogen-bond donors (Lipinski definition) is 3. The van der Waals surface area contributed by atoms with Crippen molar-refractivity contribution >= 4 is 27.0 Å². The summed E-state index contributed by atoms with van der Waals surface area (Å²) in [6.07, 6.45) is 2.91. The molecule has 9 heteroatoms. The van der Waals surface area contributed by atoms with Crippen molar-refractivity contribution in [1.82, 2.24) is 19.6 Å². The number of sulfonamides is 1. The molecule has 3 rings (SSSR count). The molecule has 0 radical (unpaired) electrons. The molecule has 0 bridgehead atoms. The Morgan fingerprint density at radius 3 is 3.05 bits per heavy atom. The van der Waals surface area contributed by atoms with Gasteiger partial charge < -0.3 is 15.4 Å². The van der Waals surface area contributed by atoms with E-state index >= 15 is 0 Å². The van der Waals surface area contributed by atoms with Crippen molar-refractivity contribution in [2.24, 2.45) is 0 Å². The van der Waals surface area contributed by atoms with E-state index in [0.717, 1.165) is 4.31 Å². The van der Waals surface area contributed by atoms with Gasteiger partial charge in [0, 0.05) is 37.4 Å². The summed E-state index contributed by atoms with van der Waals surface area (Å²) >= 11 is 0. The minimum atomic E-state index is -3.90. The Morgan fingerprint density at radius 1 is 1.48 bits per heavy atom. The molecule has 1 aliphatic heterocycles. The van der Waals surface area contributed by atoms with Crippen LogP contribution >= 0.6 is 0 Å². The Labute approximate surface area is 120 Å². The third-order valence-electron chi connectivity index (χ3n) is 3.48. The van der Waals surface area contributed by atoms with Gasteiger partial charge in [0.15, 0.2) is 0 Å². The Morgan fingerprint density at radius 2 is 2.29 bits per heavy atom. The predicted molar refractivity (Wildman–Crippen MR) is 74.3 cm³/mol. The molecule has 0 spiro atoms. The van der Waals surface area contributed by atoms with Crippen LogP contribution in [0.5, 0.6) is 0 Å². The van der Waals surface area contributed by atoms with Crippen LogP contribution in [-0.4, -0.2) is 59.4 Å². The summed E-state index contributed by atoms with van der Waals surface area (Å²) in [5.41, 5.74) is 0.457. The van der Waals surface area contributed by atoms with Gasteiger partial charge in [-0.3, -0.25) is 4.79 Å². The van der Waals surface area contributed by atoms with Gasteiger partial charge in [-0.2, -0.15) is 4.31 Å². The van der Waals surface area contributed by atoms with Crippen molar-refractivity contribution in [3.05, 3.63) is 24.5 Å². The maximum atomic E-state index is 12.8. The summed E-state index contributed by atoms with van der Waals surface area (Å²) in [7, 11) is -3.90. The maximum Gasteiger partial charge on any atom is 0.323 e. The number of pyridine rings is 1. The molecule has 112 valence electrons. The molecule has 1 unspecified atom stereocenters. The highest BCUT2D eigenvalue weighted by molar-refractivity contribution is 7.89. The van der Waals surface area contributed by atoms with Crippen LogP contribution in [0, 0.1) is 0 Å². The third kappa shape index (κ3) is 2.28. The minimum absolute atomic E-state index is 0.0544. The van der Waals surface area contributed by atoms with E-state index < -0.39 is 22.0 Å². The lowest BCUT2D eigenvalue weighted by Crippen LogP contribution is -2.56. The van der Waals surface area contributed by atoms with Crippen LogP contribution in [0.15, 0.2) is 29.4 Å². The molecule has 1 saturated heterocycles. The average molecular weight is 310 g/mol. The topological polar surface area (TPSA) is 115 Å². The smallest absolute Gasteiger partial charge is 0.323 e. The van der Waals surface area contributed by atoms with Crippen LogP contribution in [0.25, 0.3) is 11.0 Å². The first-order valence-corrected chi connectivity index (χ1v) is 7.83. The van der Waals surface area contributed by atoms with Gasteiger partial charge >= 0.3 is 5.97 Å². The van der Waals surface area contributed by atoms with Gasteiger partial charge in [-0.1, -0.05) is 0 Å². The van der Waals surface area contributed by atoms with Gasteiger partial charge in [0.2, 0.25) is 10.0 Å². The Hall–Kier alpha value is -1.97. The Balaban J connectivity index is 2.09. The molecule has 0 amide bonds. The van der Waals surface area contributed by atoms with Crippen molar-refractivity contribution < 1.29 is 18.3 Å². The molecule has 0 saturated carbocycles. The molecule has 0 aromatic carbocycles. The lowest BCUT2D eigenvalue weighted by atomic mass is 10.2. The zero-order valence-corrected chi connectivity index (χ0v) is 11.8.